The normalized spacial score (nSPS) is 41.8. The molecule has 2 N–H and O–H groups in total. The highest BCUT2D eigenvalue weighted by molar-refractivity contribution is 5.38. The number of ether oxygens (including phenoxy) is 1. The van der Waals surface area contributed by atoms with Gasteiger partial charge >= 0.3 is 0 Å². The van der Waals surface area contributed by atoms with Crippen molar-refractivity contribution in [3.05, 3.63) is 35.5 Å². The predicted octanol–water partition coefficient (Wildman–Crippen LogP) is 4.87. The molecule has 4 aliphatic rings. The van der Waals surface area contributed by atoms with E-state index < -0.39 is 12.2 Å². The summed E-state index contributed by atoms with van der Waals surface area (Å²) in [4.78, 5) is 2.66. The summed E-state index contributed by atoms with van der Waals surface area (Å²) in [6.07, 6.45) is 10.8. The number of allylic oxidation sites excluding steroid dienone is 3. The molecule has 0 amide bonds. The quantitative estimate of drug-likeness (QED) is 0.651. The second-order valence-electron chi connectivity index (χ2n) is 12.0. The Balaban J connectivity index is 1.48. The van der Waals surface area contributed by atoms with Gasteiger partial charge in [-0.2, -0.15) is 0 Å². The van der Waals surface area contributed by atoms with E-state index in [4.69, 9.17) is 4.74 Å². The zero-order valence-electron chi connectivity index (χ0n) is 20.8. The molecule has 6 atom stereocenters. The largest absolute Gasteiger partial charge is 0.393 e. The molecule has 0 aromatic rings. The summed E-state index contributed by atoms with van der Waals surface area (Å²) in [5.74, 6) is 2.10. The number of aliphatic hydroxyl groups excluding tert-OH is 2. The van der Waals surface area contributed by atoms with Gasteiger partial charge in [0.2, 0.25) is 0 Å². The minimum atomic E-state index is -0.610. The number of fused-ring (bicyclic) bond motifs is 1. The fraction of sp³-hybridized carbons (Fsp3) is 0.786. The van der Waals surface area contributed by atoms with Gasteiger partial charge in [-0.1, -0.05) is 38.2 Å². The average molecular weight is 444 g/mol. The van der Waals surface area contributed by atoms with E-state index in [2.05, 4.69) is 51.3 Å². The molecule has 32 heavy (non-hydrogen) atoms. The molecule has 180 valence electrons. The molecule has 1 aliphatic heterocycles. The second kappa shape index (κ2) is 9.37. The third-order valence-electron chi connectivity index (χ3n) is 9.31. The maximum atomic E-state index is 10.2. The third kappa shape index (κ3) is 4.66. The van der Waals surface area contributed by atoms with Crippen molar-refractivity contribution in [1.29, 1.82) is 0 Å². The molecule has 0 spiro atoms. The van der Waals surface area contributed by atoms with Gasteiger partial charge in [-0.3, -0.25) is 4.90 Å². The summed E-state index contributed by atoms with van der Waals surface area (Å²) in [6, 6.07) is 0. The van der Waals surface area contributed by atoms with Gasteiger partial charge in [-0.05, 0) is 86.7 Å². The number of hydrogen-bond acceptors (Lipinski definition) is 4. The highest BCUT2D eigenvalue weighted by atomic mass is 16.5. The van der Waals surface area contributed by atoms with Crippen LogP contribution in [0.1, 0.15) is 72.6 Å². The Labute approximate surface area is 195 Å². The lowest BCUT2D eigenvalue weighted by atomic mass is 9.61. The summed E-state index contributed by atoms with van der Waals surface area (Å²) >= 11 is 0. The number of hydrogen-bond donors (Lipinski definition) is 2. The van der Waals surface area contributed by atoms with Gasteiger partial charge in [-0.15, -0.1) is 0 Å². The Morgan fingerprint density at radius 3 is 2.75 bits per heavy atom. The molecule has 3 aliphatic carbocycles. The Morgan fingerprint density at radius 1 is 1.22 bits per heavy atom. The van der Waals surface area contributed by atoms with E-state index in [1.807, 2.05) is 0 Å². The minimum absolute atomic E-state index is 0.132. The number of aliphatic hydroxyl groups is 2. The van der Waals surface area contributed by atoms with Crippen LogP contribution >= 0.6 is 0 Å². The predicted molar refractivity (Wildman–Crippen MR) is 130 cm³/mol. The van der Waals surface area contributed by atoms with Crippen molar-refractivity contribution in [2.45, 2.75) is 90.4 Å². The molecule has 0 unspecified atom stereocenters. The first-order valence-electron chi connectivity index (χ1n) is 12.9. The highest BCUT2D eigenvalue weighted by Gasteiger charge is 2.51. The first-order chi connectivity index (χ1) is 15.1. The van der Waals surface area contributed by atoms with E-state index in [0.717, 1.165) is 36.8 Å². The number of rotatable bonds is 4. The van der Waals surface area contributed by atoms with Gasteiger partial charge in [0.15, 0.2) is 0 Å². The van der Waals surface area contributed by atoms with Gasteiger partial charge in [0.05, 0.1) is 25.4 Å². The van der Waals surface area contributed by atoms with Crippen LogP contribution in [0.5, 0.6) is 0 Å². The van der Waals surface area contributed by atoms with Crippen molar-refractivity contribution in [3.63, 3.8) is 0 Å². The van der Waals surface area contributed by atoms with Crippen LogP contribution in [-0.4, -0.2) is 59.2 Å². The van der Waals surface area contributed by atoms with Crippen LogP contribution in [0.3, 0.4) is 0 Å². The number of nitrogens with zero attached hydrogens (tertiary/aromatic N) is 1. The van der Waals surface area contributed by atoms with E-state index in [-0.39, 0.29) is 5.54 Å². The maximum Gasteiger partial charge on any atom is 0.0811 e. The summed E-state index contributed by atoms with van der Waals surface area (Å²) < 4.78 is 5.75. The van der Waals surface area contributed by atoms with Crippen molar-refractivity contribution in [2.24, 2.45) is 23.2 Å². The molecule has 0 aromatic carbocycles. The Hall–Kier alpha value is -0.940. The SMILES string of the molecule is C=C1/C(=C\C=C2/CCC[C@]3(C)[C@@H]([C@H](C)CN4CCOCC4(C)C)CC[C@@H]23)C[C@@H](O)C[C@H]1O. The molecular formula is C28H45NO3. The highest BCUT2D eigenvalue weighted by Crippen LogP contribution is 2.59. The summed E-state index contributed by atoms with van der Waals surface area (Å²) in [7, 11) is 0. The number of morpholine rings is 1. The standard InChI is InChI=1S/C28H45NO3/c1-19(17-29-13-14-32-18-27(29,3)4)24-10-11-25-21(7-6-12-28(24,25)5)8-9-22-15-23(30)16-26(31)20(22)2/h8-9,19,23-26,30-31H,2,6-7,10-18H2,1,3-5H3/b21-8+,22-9-/t19-,23-,24-,25+,26-,28-/m1/s1. The van der Waals surface area contributed by atoms with Gasteiger partial charge in [0, 0.05) is 25.0 Å². The van der Waals surface area contributed by atoms with E-state index in [1.165, 1.54) is 38.6 Å². The average Bonchev–Trinajstić information content (AvgIpc) is 3.08. The molecule has 0 aromatic heterocycles. The molecule has 4 rings (SSSR count). The molecule has 4 nitrogen and oxygen atoms in total. The van der Waals surface area contributed by atoms with Crippen LogP contribution in [0.4, 0.5) is 0 Å². The molecule has 4 fully saturated rings. The lowest BCUT2D eigenvalue weighted by Crippen LogP contribution is -2.55. The fourth-order valence-corrected chi connectivity index (χ4v) is 7.38. The summed E-state index contributed by atoms with van der Waals surface area (Å²) in [5.41, 5.74) is 3.90. The van der Waals surface area contributed by atoms with E-state index >= 15 is 0 Å². The molecule has 0 radical (unpaired) electrons. The van der Waals surface area contributed by atoms with E-state index in [0.29, 0.717) is 30.1 Å². The topological polar surface area (TPSA) is 52.9 Å². The van der Waals surface area contributed by atoms with Gasteiger partial charge in [0.25, 0.3) is 0 Å². The van der Waals surface area contributed by atoms with Crippen LogP contribution in [-0.2, 0) is 4.74 Å². The third-order valence-corrected chi connectivity index (χ3v) is 9.31. The Kier molecular flexibility index (Phi) is 7.08. The van der Waals surface area contributed by atoms with Crippen LogP contribution in [0.25, 0.3) is 0 Å². The van der Waals surface area contributed by atoms with Gasteiger partial charge in [-0.25, -0.2) is 0 Å². The first-order valence-corrected chi connectivity index (χ1v) is 12.9. The second-order valence-corrected chi connectivity index (χ2v) is 12.0. The van der Waals surface area contributed by atoms with Crippen LogP contribution in [0, 0.1) is 23.2 Å². The monoisotopic (exact) mass is 443 g/mol. The molecule has 1 heterocycles. The van der Waals surface area contributed by atoms with Crippen molar-refractivity contribution in [2.75, 3.05) is 26.3 Å². The van der Waals surface area contributed by atoms with Crippen molar-refractivity contribution < 1.29 is 14.9 Å². The minimum Gasteiger partial charge on any atom is -0.393 e. The van der Waals surface area contributed by atoms with E-state index in [1.54, 1.807) is 5.57 Å². The first kappa shape index (κ1) is 24.2. The zero-order valence-corrected chi connectivity index (χ0v) is 20.8. The summed E-state index contributed by atoms with van der Waals surface area (Å²) in [6.45, 7) is 17.7. The smallest absolute Gasteiger partial charge is 0.0811 e. The van der Waals surface area contributed by atoms with Crippen molar-refractivity contribution >= 4 is 0 Å². The van der Waals surface area contributed by atoms with Crippen LogP contribution in [0.15, 0.2) is 35.5 Å². The lowest BCUT2D eigenvalue weighted by Gasteiger charge is -2.48. The van der Waals surface area contributed by atoms with Gasteiger partial charge < -0.3 is 14.9 Å². The Bertz CT molecular complexity index is 769. The lowest BCUT2D eigenvalue weighted by molar-refractivity contribution is -0.0638. The molecule has 0 bridgehead atoms. The van der Waals surface area contributed by atoms with Crippen molar-refractivity contribution in [3.8, 4) is 0 Å². The molecule has 3 saturated carbocycles. The Morgan fingerprint density at radius 2 is 2.00 bits per heavy atom. The molecule has 1 saturated heterocycles. The van der Waals surface area contributed by atoms with Crippen molar-refractivity contribution in [1.82, 2.24) is 4.90 Å². The zero-order chi connectivity index (χ0) is 23.1. The fourth-order valence-electron chi connectivity index (χ4n) is 7.38. The molecule has 4 heteroatoms. The maximum absolute atomic E-state index is 10.2. The van der Waals surface area contributed by atoms with Crippen LogP contribution < -0.4 is 0 Å². The van der Waals surface area contributed by atoms with Crippen LogP contribution in [0.2, 0.25) is 0 Å². The summed E-state index contributed by atoms with van der Waals surface area (Å²) in [5, 5.41) is 20.3. The van der Waals surface area contributed by atoms with E-state index in [9.17, 15) is 10.2 Å². The molecular weight excluding hydrogens is 398 g/mol. The van der Waals surface area contributed by atoms with Gasteiger partial charge in [0.1, 0.15) is 0 Å².